The Bertz CT molecular complexity index is 831. The Morgan fingerprint density at radius 2 is 1.96 bits per heavy atom. The van der Waals surface area contributed by atoms with Crippen LogP contribution in [0.15, 0.2) is 23.7 Å². The minimum atomic E-state index is -4.48. The quantitative estimate of drug-likeness (QED) is 0.786. The van der Waals surface area contributed by atoms with Gasteiger partial charge >= 0.3 is 6.18 Å². The third-order valence-corrected chi connectivity index (χ3v) is 3.90. The zero-order chi connectivity index (χ0) is 16.4. The van der Waals surface area contributed by atoms with Gasteiger partial charge in [-0.2, -0.15) is 13.2 Å². The second-order valence-corrected chi connectivity index (χ2v) is 5.59. The summed E-state index contributed by atoms with van der Waals surface area (Å²) in [5, 5.41) is 5.73. The maximum absolute atomic E-state index is 12.7. The van der Waals surface area contributed by atoms with E-state index in [2.05, 4.69) is 25.3 Å². The number of halogens is 3. The predicted octanol–water partition coefficient (Wildman–Crippen LogP) is 3.67. The van der Waals surface area contributed by atoms with Crippen molar-refractivity contribution in [3.05, 3.63) is 41.1 Å². The average Bonchev–Trinajstić information content (AvgIpc) is 3.00. The van der Waals surface area contributed by atoms with Gasteiger partial charge in [0.15, 0.2) is 0 Å². The van der Waals surface area contributed by atoms with Crippen molar-refractivity contribution in [2.24, 2.45) is 0 Å². The molecule has 0 aliphatic rings. The van der Waals surface area contributed by atoms with Gasteiger partial charge in [-0.25, -0.2) is 19.9 Å². The molecule has 1 N–H and O–H groups in total. The summed E-state index contributed by atoms with van der Waals surface area (Å²) >= 11 is 1.49. The van der Waals surface area contributed by atoms with Gasteiger partial charge < -0.3 is 5.32 Å². The van der Waals surface area contributed by atoms with Crippen LogP contribution in [0.1, 0.15) is 24.3 Å². The highest BCUT2D eigenvalue weighted by Gasteiger charge is 2.32. The highest BCUT2D eigenvalue weighted by atomic mass is 32.1. The number of aromatic nitrogens is 4. The van der Waals surface area contributed by atoms with E-state index in [0.29, 0.717) is 18.1 Å². The summed E-state index contributed by atoms with van der Waals surface area (Å²) in [7, 11) is 0. The molecule has 0 bridgehead atoms. The van der Waals surface area contributed by atoms with Crippen molar-refractivity contribution in [1.29, 1.82) is 0 Å². The van der Waals surface area contributed by atoms with Gasteiger partial charge in [0, 0.05) is 12.6 Å². The normalized spacial score (nSPS) is 11.8. The second kappa shape index (κ2) is 6.07. The number of aryl methyl sites for hydroxylation is 1. The van der Waals surface area contributed by atoms with Crippen LogP contribution >= 0.6 is 11.3 Å². The van der Waals surface area contributed by atoms with Crippen molar-refractivity contribution in [3.63, 3.8) is 0 Å². The van der Waals surface area contributed by atoms with Gasteiger partial charge in [0.25, 0.3) is 0 Å². The van der Waals surface area contributed by atoms with Crippen molar-refractivity contribution in [1.82, 2.24) is 19.9 Å². The van der Waals surface area contributed by atoms with E-state index >= 15 is 0 Å². The van der Waals surface area contributed by atoms with Crippen LogP contribution in [0.25, 0.3) is 10.2 Å². The number of nitrogens with zero attached hydrogens (tertiary/aromatic N) is 4. The minimum absolute atomic E-state index is 0.0506. The van der Waals surface area contributed by atoms with E-state index in [0.717, 1.165) is 22.5 Å². The van der Waals surface area contributed by atoms with E-state index in [-0.39, 0.29) is 12.4 Å². The second-order valence-electron chi connectivity index (χ2n) is 4.69. The number of rotatable bonds is 4. The number of hydrogen-bond donors (Lipinski definition) is 1. The highest BCUT2D eigenvalue weighted by Crippen LogP contribution is 2.28. The molecule has 9 heteroatoms. The third-order valence-electron chi connectivity index (χ3n) is 3.10. The summed E-state index contributed by atoms with van der Waals surface area (Å²) in [5.74, 6) is 1.31. The van der Waals surface area contributed by atoms with E-state index in [9.17, 15) is 13.2 Å². The summed E-state index contributed by atoms with van der Waals surface area (Å²) < 4.78 is 38.0. The van der Waals surface area contributed by atoms with Crippen LogP contribution in [-0.4, -0.2) is 19.9 Å². The first kappa shape index (κ1) is 15.6. The van der Waals surface area contributed by atoms with Gasteiger partial charge in [0.1, 0.15) is 28.0 Å². The van der Waals surface area contributed by atoms with Crippen LogP contribution in [0.3, 0.4) is 0 Å². The lowest BCUT2D eigenvalue weighted by atomic mass is 10.3. The number of anilines is 1. The van der Waals surface area contributed by atoms with Gasteiger partial charge in [-0.1, -0.05) is 6.92 Å². The molecule has 0 aliphatic carbocycles. The van der Waals surface area contributed by atoms with Gasteiger partial charge in [0.05, 0.1) is 11.9 Å². The fourth-order valence-corrected chi connectivity index (χ4v) is 2.78. The van der Waals surface area contributed by atoms with E-state index < -0.39 is 11.9 Å². The Morgan fingerprint density at radius 1 is 1.13 bits per heavy atom. The molecule has 3 aromatic heterocycles. The molecular weight excluding hydrogens is 327 g/mol. The van der Waals surface area contributed by atoms with Gasteiger partial charge in [-0.15, -0.1) is 11.3 Å². The molecular formula is C14H12F3N5S. The summed E-state index contributed by atoms with van der Waals surface area (Å²) in [5.41, 5.74) is -0.957. The molecule has 0 amide bonds. The fraction of sp³-hybridized carbons (Fsp3) is 0.286. The largest absolute Gasteiger partial charge is 0.433 e. The van der Waals surface area contributed by atoms with E-state index in [4.69, 9.17) is 0 Å². The number of fused-ring (bicyclic) bond motifs is 1. The average molecular weight is 339 g/mol. The smallest absolute Gasteiger partial charge is 0.362 e. The van der Waals surface area contributed by atoms with Crippen molar-refractivity contribution in [2.75, 3.05) is 5.32 Å². The molecule has 3 heterocycles. The summed E-state index contributed by atoms with van der Waals surface area (Å²) in [6, 6.07) is 2.72. The summed E-state index contributed by atoms with van der Waals surface area (Å²) in [6.45, 7) is 1.99. The van der Waals surface area contributed by atoms with E-state index in [1.54, 1.807) is 0 Å². The zero-order valence-corrected chi connectivity index (χ0v) is 12.9. The first-order valence-electron chi connectivity index (χ1n) is 6.84. The molecule has 0 fully saturated rings. The molecule has 0 atom stereocenters. The molecule has 23 heavy (non-hydrogen) atoms. The topological polar surface area (TPSA) is 63.6 Å². The number of thiophene rings is 1. The fourth-order valence-electron chi connectivity index (χ4n) is 2.00. The first-order valence-corrected chi connectivity index (χ1v) is 7.72. The Labute approximate surface area is 133 Å². The van der Waals surface area contributed by atoms with Crippen LogP contribution in [0, 0.1) is 0 Å². The van der Waals surface area contributed by atoms with Crippen LogP contribution in [0.2, 0.25) is 0 Å². The summed E-state index contributed by atoms with van der Waals surface area (Å²) in [4.78, 5) is 17.0. The zero-order valence-electron chi connectivity index (χ0n) is 12.1. The molecule has 0 aliphatic heterocycles. The Balaban J connectivity index is 1.85. The number of hydrogen-bond acceptors (Lipinski definition) is 6. The highest BCUT2D eigenvalue weighted by molar-refractivity contribution is 7.16. The van der Waals surface area contributed by atoms with E-state index in [1.807, 2.05) is 18.4 Å². The Hall–Kier alpha value is -2.29. The molecule has 0 radical (unpaired) electrons. The predicted molar refractivity (Wildman–Crippen MR) is 81.2 cm³/mol. The van der Waals surface area contributed by atoms with Gasteiger partial charge in [-0.05, 0) is 17.5 Å². The molecule has 3 rings (SSSR count). The van der Waals surface area contributed by atoms with Crippen LogP contribution in [-0.2, 0) is 19.1 Å². The van der Waals surface area contributed by atoms with Crippen LogP contribution < -0.4 is 5.32 Å². The van der Waals surface area contributed by atoms with E-state index in [1.165, 1.54) is 11.3 Å². The van der Waals surface area contributed by atoms with Gasteiger partial charge in [0.2, 0.25) is 0 Å². The maximum atomic E-state index is 12.7. The molecule has 0 saturated carbocycles. The standard InChI is InChI=1S/C14H12F3N5S/c1-2-10-21-12(8-4-6-23-13(8)22-10)19-7-11-18-5-3-9(20-11)14(15,16)17/h3-6H,2,7H2,1H3,(H,19,21,22). The molecule has 120 valence electrons. The lowest BCUT2D eigenvalue weighted by molar-refractivity contribution is -0.141. The van der Waals surface area contributed by atoms with Crippen molar-refractivity contribution in [3.8, 4) is 0 Å². The Kier molecular flexibility index (Phi) is 4.12. The minimum Gasteiger partial charge on any atom is -0.362 e. The lowest BCUT2D eigenvalue weighted by Crippen LogP contribution is -2.13. The monoisotopic (exact) mass is 339 g/mol. The molecule has 0 aromatic carbocycles. The first-order chi connectivity index (χ1) is 11.0. The van der Waals surface area contributed by atoms with Crippen LogP contribution in [0.4, 0.5) is 19.0 Å². The summed E-state index contributed by atoms with van der Waals surface area (Å²) in [6.07, 6.45) is -2.71. The van der Waals surface area contributed by atoms with Crippen molar-refractivity contribution >= 4 is 27.4 Å². The molecule has 0 saturated heterocycles. The number of nitrogens with one attached hydrogen (secondary N) is 1. The molecule has 5 nitrogen and oxygen atoms in total. The Morgan fingerprint density at radius 3 is 2.70 bits per heavy atom. The molecule has 0 unspecified atom stereocenters. The molecule has 3 aromatic rings. The van der Waals surface area contributed by atoms with Crippen LogP contribution in [0.5, 0.6) is 0 Å². The van der Waals surface area contributed by atoms with Crippen molar-refractivity contribution in [2.45, 2.75) is 26.1 Å². The third kappa shape index (κ3) is 3.39. The SMILES string of the molecule is CCc1nc(NCc2nccc(C(F)(F)F)n2)c2ccsc2n1. The number of alkyl halides is 3. The van der Waals surface area contributed by atoms with Crippen molar-refractivity contribution < 1.29 is 13.2 Å². The maximum Gasteiger partial charge on any atom is 0.433 e. The molecule has 0 spiro atoms. The van der Waals surface area contributed by atoms with Gasteiger partial charge in [-0.3, -0.25) is 0 Å². The lowest BCUT2D eigenvalue weighted by Gasteiger charge is -2.09.